The summed E-state index contributed by atoms with van der Waals surface area (Å²) in [6, 6.07) is 13.8. The van der Waals surface area contributed by atoms with Crippen LogP contribution in [0.15, 0.2) is 55.0 Å². The number of benzene rings is 1. The summed E-state index contributed by atoms with van der Waals surface area (Å²) in [6.07, 6.45) is 10.3. The number of anilines is 1. The minimum Gasteiger partial charge on any atom is -0.383 e. The Morgan fingerprint density at radius 1 is 0.968 bits per heavy atom. The van der Waals surface area contributed by atoms with Gasteiger partial charge in [-0.05, 0) is 85.2 Å². The van der Waals surface area contributed by atoms with Crippen LogP contribution in [0.1, 0.15) is 42.7 Å². The van der Waals surface area contributed by atoms with Gasteiger partial charge in [-0.3, -0.25) is 9.88 Å². The molecule has 1 saturated carbocycles. The topological polar surface area (TPSA) is 64.3 Å². The number of pyridine rings is 2. The van der Waals surface area contributed by atoms with E-state index in [0.717, 1.165) is 55.3 Å². The number of hydrogen-bond donors (Lipinski definition) is 1. The van der Waals surface area contributed by atoms with Crippen molar-refractivity contribution in [2.24, 2.45) is 0 Å². The Kier molecular flexibility index (Phi) is 5.70. The van der Waals surface area contributed by atoms with Gasteiger partial charge in [0.05, 0.1) is 0 Å². The molecule has 2 aromatic heterocycles. The van der Waals surface area contributed by atoms with Crippen molar-refractivity contribution in [1.82, 2.24) is 14.9 Å². The second-order valence-electron chi connectivity index (χ2n) is 8.84. The molecule has 5 heteroatoms. The van der Waals surface area contributed by atoms with Crippen molar-refractivity contribution < 1.29 is 4.74 Å². The molecule has 2 fully saturated rings. The molecule has 0 spiro atoms. The summed E-state index contributed by atoms with van der Waals surface area (Å²) in [6.45, 7) is 2.72. The molecule has 1 saturated heterocycles. The zero-order chi connectivity index (χ0) is 21.2. The standard InChI is InChI=1S/C26H30N4O/c1-30(23-3-4-23)17-22-14-20(2-5-24(22)19-8-12-31-13-9-19)21-15-25(26(27)29-16-21)18-6-10-28-11-7-18/h2,5-7,10-11,14-16,19,23H,3-4,8-9,12-13,17H2,1H3,(H2,27,29). The lowest BCUT2D eigenvalue weighted by molar-refractivity contribution is 0.0850. The molecule has 5 rings (SSSR count). The fourth-order valence-corrected chi connectivity index (χ4v) is 4.64. The van der Waals surface area contributed by atoms with Crippen molar-refractivity contribution in [2.75, 3.05) is 26.0 Å². The summed E-state index contributed by atoms with van der Waals surface area (Å²) in [5.41, 5.74) is 13.4. The first-order chi connectivity index (χ1) is 15.2. The molecular formula is C26H30N4O. The molecule has 1 aliphatic heterocycles. The number of nitrogen functional groups attached to an aromatic ring is 1. The van der Waals surface area contributed by atoms with Crippen LogP contribution in [0.2, 0.25) is 0 Å². The average molecular weight is 415 g/mol. The van der Waals surface area contributed by atoms with E-state index in [-0.39, 0.29) is 0 Å². The summed E-state index contributed by atoms with van der Waals surface area (Å²) in [5.74, 6) is 1.13. The van der Waals surface area contributed by atoms with Crippen molar-refractivity contribution in [2.45, 2.75) is 44.2 Å². The first-order valence-corrected chi connectivity index (χ1v) is 11.3. The fourth-order valence-electron chi connectivity index (χ4n) is 4.64. The van der Waals surface area contributed by atoms with Gasteiger partial charge in [-0.25, -0.2) is 4.98 Å². The number of nitrogens with two attached hydrogens (primary N) is 1. The quantitative estimate of drug-likeness (QED) is 0.623. The van der Waals surface area contributed by atoms with Crippen LogP contribution in [-0.2, 0) is 11.3 Å². The number of nitrogens with zero attached hydrogens (tertiary/aromatic N) is 3. The smallest absolute Gasteiger partial charge is 0.131 e. The van der Waals surface area contributed by atoms with Crippen LogP contribution in [-0.4, -0.2) is 41.2 Å². The maximum absolute atomic E-state index is 6.21. The van der Waals surface area contributed by atoms with Crippen molar-refractivity contribution >= 4 is 5.82 Å². The first-order valence-electron chi connectivity index (χ1n) is 11.3. The van der Waals surface area contributed by atoms with Crippen molar-refractivity contribution in [3.05, 3.63) is 66.1 Å². The molecule has 3 aromatic rings. The maximum atomic E-state index is 6.21. The van der Waals surface area contributed by atoms with E-state index < -0.39 is 0 Å². The van der Waals surface area contributed by atoms with Crippen LogP contribution in [0.25, 0.3) is 22.3 Å². The van der Waals surface area contributed by atoms with Gasteiger partial charge < -0.3 is 10.5 Å². The van der Waals surface area contributed by atoms with E-state index in [2.05, 4.69) is 46.2 Å². The van der Waals surface area contributed by atoms with Gasteiger partial charge >= 0.3 is 0 Å². The number of aromatic nitrogens is 2. The molecule has 160 valence electrons. The van der Waals surface area contributed by atoms with Crippen LogP contribution in [0.5, 0.6) is 0 Å². The molecule has 2 aliphatic rings. The lowest BCUT2D eigenvalue weighted by Crippen LogP contribution is -2.22. The highest BCUT2D eigenvalue weighted by Crippen LogP contribution is 2.36. The minimum absolute atomic E-state index is 0.544. The van der Waals surface area contributed by atoms with Crippen molar-refractivity contribution in [3.8, 4) is 22.3 Å². The van der Waals surface area contributed by atoms with E-state index in [4.69, 9.17) is 10.5 Å². The van der Waals surface area contributed by atoms with Gasteiger partial charge in [0.25, 0.3) is 0 Å². The second kappa shape index (κ2) is 8.77. The molecule has 0 bridgehead atoms. The van der Waals surface area contributed by atoms with Crippen LogP contribution in [0.4, 0.5) is 5.82 Å². The lowest BCUT2D eigenvalue weighted by Gasteiger charge is -2.27. The molecule has 3 heterocycles. The Labute approximate surface area is 184 Å². The molecule has 0 unspecified atom stereocenters. The van der Waals surface area contributed by atoms with Crippen LogP contribution >= 0.6 is 0 Å². The van der Waals surface area contributed by atoms with Gasteiger partial charge in [0, 0.05) is 55.5 Å². The molecule has 2 N–H and O–H groups in total. The van der Waals surface area contributed by atoms with E-state index >= 15 is 0 Å². The molecule has 31 heavy (non-hydrogen) atoms. The number of rotatable bonds is 6. The van der Waals surface area contributed by atoms with Gasteiger partial charge in [0.2, 0.25) is 0 Å². The largest absolute Gasteiger partial charge is 0.383 e. The summed E-state index contributed by atoms with van der Waals surface area (Å²) in [7, 11) is 2.25. The van der Waals surface area contributed by atoms with E-state index in [1.165, 1.54) is 29.5 Å². The van der Waals surface area contributed by atoms with Crippen molar-refractivity contribution in [3.63, 3.8) is 0 Å². The average Bonchev–Trinajstić information content (AvgIpc) is 3.66. The zero-order valence-electron chi connectivity index (χ0n) is 18.1. The highest BCUT2D eigenvalue weighted by atomic mass is 16.5. The SMILES string of the molecule is CN(Cc1cc(-c2cnc(N)c(-c3ccncc3)c2)ccc1C1CCOCC1)C1CC1. The van der Waals surface area contributed by atoms with E-state index in [0.29, 0.717) is 11.7 Å². The Bertz CT molecular complexity index is 1040. The molecule has 5 nitrogen and oxygen atoms in total. The van der Waals surface area contributed by atoms with Crippen LogP contribution < -0.4 is 5.73 Å². The predicted octanol–water partition coefficient (Wildman–Crippen LogP) is 4.88. The lowest BCUT2D eigenvalue weighted by atomic mass is 9.86. The van der Waals surface area contributed by atoms with Crippen molar-refractivity contribution in [1.29, 1.82) is 0 Å². The molecular weight excluding hydrogens is 384 g/mol. The summed E-state index contributed by atoms with van der Waals surface area (Å²) < 4.78 is 5.61. The third-order valence-corrected chi connectivity index (χ3v) is 6.64. The summed E-state index contributed by atoms with van der Waals surface area (Å²) in [4.78, 5) is 11.1. The van der Waals surface area contributed by atoms with Gasteiger partial charge in [0.15, 0.2) is 0 Å². The van der Waals surface area contributed by atoms with Gasteiger partial charge in [-0.15, -0.1) is 0 Å². The van der Waals surface area contributed by atoms with Gasteiger partial charge in [0.1, 0.15) is 5.82 Å². The third kappa shape index (κ3) is 4.48. The molecule has 0 atom stereocenters. The highest BCUT2D eigenvalue weighted by molar-refractivity contribution is 5.79. The number of hydrogen-bond acceptors (Lipinski definition) is 5. The van der Waals surface area contributed by atoms with Gasteiger partial charge in [-0.2, -0.15) is 0 Å². The summed E-state index contributed by atoms with van der Waals surface area (Å²) in [5, 5.41) is 0. The molecule has 0 amide bonds. The van der Waals surface area contributed by atoms with Crippen LogP contribution in [0, 0.1) is 0 Å². The Morgan fingerprint density at radius 2 is 1.74 bits per heavy atom. The predicted molar refractivity (Wildman–Crippen MR) is 125 cm³/mol. The fraction of sp³-hybridized carbons (Fsp3) is 0.385. The highest BCUT2D eigenvalue weighted by Gasteiger charge is 2.27. The second-order valence-corrected chi connectivity index (χ2v) is 8.84. The Hall–Kier alpha value is -2.76. The van der Waals surface area contributed by atoms with E-state index in [9.17, 15) is 0 Å². The van der Waals surface area contributed by atoms with Crippen LogP contribution in [0.3, 0.4) is 0 Å². The minimum atomic E-state index is 0.544. The molecule has 0 radical (unpaired) electrons. The number of ether oxygens (including phenoxy) is 1. The normalized spacial score (nSPS) is 17.2. The Morgan fingerprint density at radius 3 is 2.48 bits per heavy atom. The van der Waals surface area contributed by atoms with Gasteiger partial charge in [-0.1, -0.05) is 12.1 Å². The molecule has 1 aliphatic carbocycles. The third-order valence-electron chi connectivity index (χ3n) is 6.64. The summed E-state index contributed by atoms with van der Waals surface area (Å²) >= 11 is 0. The monoisotopic (exact) mass is 414 g/mol. The maximum Gasteiger partial charge on any atom is 0.131 e. The molecule has 1 aromatic carbocycles. The van der Waals surface area contributed by atoms with E-state index in [1.807, 2.05) is 18.3 Å². The first kappa shape index (κ1) is 20.2. The van der Waals surface area contributed by atoms with E-state index in [1.54, 1.807) is 12.4 Å². The Balaban J connectivity index is 1.52. The zero-order valence-corrected chi connectivity index (χ0v) is 18.1.